The number of hydrogen-bond donors (Lipinski definition) is 1. The highest BCUT2D eigenvalue weighted by Gasteiger charge is 2.16. The fourth-order valence-corrected chi connectivity index (χ4v) is 2.46. The molecule has 6 nitrogen and oxygen atoms in total. The Morgan fingerprint density at radius 2 is 1.72 bits per heavy atom. The lowest BCUT2D eigenvalue weighted by Gasteiger charge is -2.13. The zero-order chi connectivity index (χ0) is 17.8. The van der Waals surface area contributed by atoms with Crippen molar-refractivity contribution in [3.8, 4) is 11.3 Å². The summed E-state index contributed by atoms with van der Waals surface area (Å²) < 4.78 is 5.59. The van der Waals surface area contributed by atoms with Gasteiger partial charge in [0.15, 0.2) is 5.76 Å². The molecule has 0 radical (unpaired) electrons. The molecule has 25 heavy (non-hydrogen) atoms. The van der Waals surface area contributed by atoms with Crippen LogP contribution in [0, 0.1) is 10.1 Å². The molecule has 1 N–H and O–H groups in total. The molecule has 1 heterocycles. The smallest absolute Gasteiger partial charge is 0.287 e. The third-order valence-corrected chi connectivity index (χ3v) is 3.84. The Morgan fingerprint density at radius 1 is 1.04 bits per heavy atom. The fourth-order valence-electron chi connectivity index (χ4n) is 2.46. The largest absolute Gasteiger partial charge is 0.451 e. The van der Waals surface area contributed by atoms with Gasteiger partial charge in [0.25, 0.3) is 11.6 Å². The number of nitrogens with one attached hydrogen (secondary N) is 1. The summed E-state index contributed by atoms with van der Waals surface area (Å²) in [5, 5.41) is 13.6. The van der Waals surface area contributed by atoms with Crippen LogP contribution in [0.4, 0.5) is 5.69 Å². The predicted octanol–water partition coefficient (Wildman–Crippen LogP) is 4.35. The van der Waals surface area contributed by atoms with Crippen molar-refractivity contribution in [1.29, 1.82) is 0 Å². The Labute approximate surface area is 144 Å². The van der Waals surface area contributed by atoms with Gasteiger partial charge >= 0.3 is 0 Å². The summed E-state index contributed by atoms with van der Waals surface area (Å²) in [6.45, 7) is 1.90. The highest BCUT2D eigenvalue weighted by molar-refractivity contribution is 5.92. The Morgan fingerprint density at radius 3 is 2.36 bits per heavy atom. The molecule has 3 aromatic rings. The molecule has 0 spiro atoms. The molecular weight excluding hydrogens is 320 g/mol. The van der Waals surface area contributed by atoms with Crippen molar-refractivity contribution in [3.05, 3.63) is 88.2 Å². The molecule has 1 unspecified atom stereocenters. The summed E-state index contributed by atoms with van der Waals surface area (Å²) in [5.74, 6) is 0.355. The number of non-ortho nitro benzene ring substituents is 1. The van der Waals surface area contributed by atoms with Crippen molar-refractivity contribution < 1.29 is 14.1 Å². The van der Waals surface area contributed by atoms with Gasteiger partial charge in [-0.1, -0.05) is 30.3 Å². The summed E-state index contributed by atoms with van der Waals surface area (Å²) in [6, 6.07) is 18.7. The topological polar surface area (TPSA) is 85.4 Å². The molecule has 0 saturated carbocycles. The van der Waals surface area contributed by atoms with Crippen LogP contribution < -0.4 is 5.32 Å². The van der Waals surface area contributed by atoms with E-state index in [9.17, 15) is 14.9 Å². The van der Waals surface area contributed by atoms with E-state index in [2.05, 4.69) is 5.32 Å². The fraction of sp³-hybridized carbons (Fsp3) is 0.105. The van der Waals surface area contributed by atoms with E-state index in [4.69, 9.17) is 4.42 Å². The van der Waals surface area contributed by atoms with Crippen molar-refractivity contribution in [2.24, 2.45) is 0 Å². The molecule has 2 aromatic carbocycles. The van der Waals surface area contributed by atoms with E-state index >= 15 is 0 Å². The van der Waals surface area contributed by atoms with E-state index in [0.29, 0.717) is 11.3 Å². The zero-order valence-corrected chi connectivity index (χ0v) is 13.5. The minimum absolute atomic E-state index is 0.00459. The van der Waals surface area contributed by atoms with Gasteiger partial charge in [-0.3, -0.25) is 14.9 Å². The molecule has 1 aromatic heterocycles. The van der Waals surface area contributed by atoms with Crippen LogP contribution >= 0.6 is 0 Å². The van der Waals surface area contributed by atoms with Crippen molar-refractivity contribution in [2.45, 2.75) is 13.0 Å². The second-order valence-electron chi connectivity index (χ2n) is 5.57. The maximum atomic E-state index is 12.3. The molecule has 6 heteroatoms. The van der Waals surface area contributed by atoms with Crippen molar-refractivity contribution >= 4 is 11.6 Å². The first-order valence-corrected chi connectivity index (χ1v) is 7.75. The highest BCUT2D eigenvalue weighted by Crippen LogP contribution is 2.25. The first kappa shape index (κ1) is 16.4. The van der Waals surface area contributed by atoms with Gasteiger partial charge < -0.3 is 9.73 Å². The quantitative estimate of drug-likeness (QED) is 0.554. The highest BCUT2D eigenvalue weighted by atomic mass is 16.6. The Hall–Kier alpha value is -3.41. The molecule has 0 fully saturated rings. The van der Waals surface area contributed by atoms with Crippen molar-refractivity contribution in [2.75, 3.05) is 0 Å². The lowest BCUT2D eigenvalue weighted by Crippen LogP contribution is -2.26. The van der Waals surface area contributed by atoms with Gasteiger partial charge in [0.05, 0.1) is 11.0 Å². The van der Waals surface area contributed by atoms with Crippen molar-refractivity contribution in [3.63, 3.8) is 0 Å². The average Bonchev–Trinajstić information content (AvgIpc) is 3.13. The average molecular weight is 336 g/mol. The molecule has 126 valence electrons. The van der Waals surface area contributed by atoms with E-state index in [0.717, 1.165) is 5.56 Å². The SMILES string of the molecule is CC(NC(=O)c1ccc(-c2ccc([N+](=O)[O-])cc2)o1)c1ccccc1. The summed E-state index contributed by atoms with van der Waals surface area (Å²) >= 11 is 0. The maximum absolute atomic E-state index is 12.3. The number of nitrogens with zero attached hydrogens (tertiary/aromatic N) is 1. The molecule has 0 bridgehead atoms. The molecule has 0 aliphatic rings. The van der Waals surface area contributed by atoms with Crippen LogP contribution in [0.5, 0.6) is 0 Å². The number of amides is 1. The van der Waals surface area contributed by atoms with E-state index < -0.39 is 4.92 Å². The summed E-state index contributed by atoms with van der Waals surface area (Å²) in [6.07, 6.45) is 0. The normalized spacial score (nSPS) is 11.7. The number of hydrogen-bond acceptors (Lipinski definition) is 4. The Kier molecular flexibility index (Phi) is 4.61. The minimum atomic E-state index is -0.463. The van der Waals surface area contributed by atoms with E-state index in [1.807, 2.05) is 37.3 Å². The standard InChI is InChI=1S/C19H16N2O4/c1-13(14-5-3-2-4-6-14)20-19(22)18-12-11-17(25-18)15-7-9-16(10-8-15)21(23)24/h2-13H,1H3,(H,20,22). The molecule has 3 rings (SSSR count). The lowest BCUT2D eigenvalue weighted by molar-refractivity contribution is -0.384. The molecule has 1 atom stereocenters. The van der Waals surface area contributed by atoms with E-state index in [1.54, 1.807) is 24.3 Å². The third kappa shape index (κ3) is 3.74. The number of nitro groups is 1. The van der Waals surface area contributed by atoms with Crippen LogP contribution in [0.3, 0.4) is 0 Å². The van der Waals surface area contributed by atoms with Crippen LogP contribution in [0.2, 0.25) is 0 Å². The summed E-state index contributed by atoms with van der Waals surface area (Å²) in [4.78, 5) is 22.6. The van der Waals surface area contributed by atoms with Gasteiger partial charge in [0, 0.05) is 17.7 Å². The molecule has 1 amide bonds. The van der Waals surface area contributed by atoms with E-state index in [-0.39, 0.29) is 23.4 Å². The summed E-state index contributed by atoms with van der Waals surface area (Å²) in [5.41, 5.74) is 1.67. The minimum Gasteiger partial charge on any atom is -0.451 e. The van der Waals surface area contributed by atoms with Gasteiger partial charge in [0.2, 0.25) is 0 Å². The van der Waals surface area contributed by atoms with Gasteiger partial charge in [-0.2, -0.15) is 0 Å². The molecular formula is C19H16N2O4. The first-order valence-electron chi connectivity index (χ1n) is 7.75. The third-order valence-electron chi connectivity index (χ3n) is 3.84. The van der Waals surface area contributed by atoms with Crippen LogP contribution in [-0.4, -0.2) is 10.8 Å². The van der Waals surface area contributed by atoms with Crippen LogP contribution in [0.25, 0.3) is 11.3 Å². The van der Waals surface area contributed by atoms with Crippen LogP contribution in [0.1, 0.15) is 29.1 Å². The number of carbonyl (C=O) groups is 1. The number of rotatable bonds is 5. The van der Waals surface area contributed by atoms with Crippen LogP contribution in [-0.2, 0) is 0 Å². The van der Waals surface area contributed by atoms with Gasteiger partial charge in [-0.05, 0) is 36.8 Å². The second kappa shape index (κ2) is 7.00. The van der Waals surface area contributed by atoms with Crippen LogP contribution in [0.15, 0.2) is 71.1 Å². The Bertz CT molecular complexity index is 885. The zero-order valence-electron chi connectivity index (χ0n) is 13.5. The number of carbonyl (C=O) groups excluding carboxylic acids is 1. The molecule has 0 aliphatic carbocycles. The number of nitro benzene ring substituents is 1. The van der Waals surface area contributed by atoms with E-state index in [1.165, 1.54) is 12.1 Å². The molecule has 0 aliphatic heterocycles. The predicted molar refractivity (Wildman–Crippen MR) is 93.1 cm³/mol. The summed E-state index contributed by atoms with van der Waals surface area (Å²) in [7, 11) is 0. The van der Waals surface area contributed by atoms with Gasteiger partial charge in [0.1, 0.15) is 5.76 Å². The Balaban J connectivity index is 1.72. The van der Waals surface area contributed by atoms with Gasteiger partial charge in [-0.25, -0.2) is 0 Å². The van der Waals surface area contributed by atoms with Crippen molar-refractivity contribution in [1.82, 2.24) is 5.32 Å². The maximum Gasteiger partial charge on any atom is 0.287 e. The monoisotopic (exact) mass is 336 g/mol. The van der Waals surface area contributed by atoms with Gasteiger partial charge in [-0.15, -0.1) is 0 Å². The second-order valence-corrected chi connectivity index (χ2v) is 5.57. The first-order chi connectivity index (χ1) is 12.0. The number of benzene rings is 2. The molecule has 0 saturated heterocycles. The number of furan rings is 1. The lowest BCUT2D eigenvalue weighted by atomic mass is 10.1.